The van der Waals surface area contributed by atoms with Crippen molar-refractivity contribution >= 4 is 5.91 Å². The molecule has 0 bridgehead atoms. The number of H-pyrrole nitrogens is 1. The number of aromatic nitrogens is 2. The fourth-order valence-electron chi connectivity index (χ4n) is 2.08. The van der Waals surface area contributed by atoms with Gasteiger partial charge in [-0.15, -0.1) is 0 Å². The summed E-state index contributed by atoms with van der Waals surface area (Å²) in [6.07, 6.45) is -5.58. The summed E-state index contributed by atoms with van der Waals surface area (Å²) in [4.78, 5) is 37.6. The van der Waals surface area contributed by atoms with Crippen LogP contribution in [0.3, 0.4) is 0 Å². The molecule has 0 aromatic carbocycles. The standard InChI is InChI=1S/C14H23N3O8/c1-16(6-8(19)12(23)13(24)9(20)7-18)11(22)3-5-17-4-2-10(21)15-14(17)25/h2,4,8-9,12-13,18-20,23-24H,3,5-7H2,1H3,(H,15,21,25). The Hall–Kier alpha value is -2.05. The maximum Gasteiger partial charge on any atom is 0.328 e. The summed E-state index contributed by atoms with van der Waals surface area (Å²) in [5, 5.41) is 47.0. The SMILES string of the molecule is CN(CC(O)C(O)C(O)C(O)CO)C(=O)CCn1ccc(=O)[nH]c1=O. The molecule has 1 amide bonds. The van der Waals surface area contributed by atoms with E-state index < -0.39 is 48.2 Å². The van der Waals surface area contributed by atoms with Gasteiger partial charge in [0.2, 0.25) is 5.91 Å². The van der Waals surface area contributed by atoms with Gasteiger partial charge in [-0.25, -0.2) is 4.79 Å². The summed E-state index contributed by atoms with van der Waals surface area (Å²) in [5.74, 6) is -0.457. The highest BCUT2D eigenvalue weighted by molar-refractivity contribution is 5.75. The number of hydrogen-bond donors (Lipinski definition) is 6. The van der Waals surface area contributed by atoms with Crippen molar-refractivity contribution in [2.45, 2.75) is 37.4 Å². The third-order valence-corrected chi connectivity index (χ3v) is 3.68. The Bertz CT molecular complexity index is 673. The summed E-state index contributed by atoms with van der Waals surface area (Å²) in [6.45, 7) is -1.13. The number of aromatic amines is 1. The molecule has 1 aromatic rings. The summed E-state index contributed by atoms with van der Waals surface area (Å²) in [7, 11) is 1.35. The van der Waals surface area contributed by atoms with Crippen molar-refractivity contribution in [1.82, 2.24) is 14.5 Å². The van der Waals surface area contributed by atoms with Gasteiger partial charge in [0.25, 0.3) is 5.56 Å². The number of aliphatic hydroxyl groups excluding tert-OH is 5. The first-order valence-corrected chi connectivity index (χ1v) is 7.54. The first-order valence-electron chi connectivity index (χ1n) is 7.54. The topological polar surface area (TPSA) is 176 Å². The molecule has 1 rings (SSSR count). The van der Waals surface area contributed by atoms with Gasteiger partial charge in [0.1, 0.15) is 24.4 Å². The summed E-state index contributed by atoms with van der Waals surface area (Å²) in [6, 6.07) is 1.14. The molecule has 0 aliphatic heterocycles. The van der Waals surface area contributed by atoms with Crippen molar-refractivity contribution in [3.05, 3.63) is 33.1 Å². The molecule has 0 aliphatic carbocycles. The summed E-state index contributed by atoms with van der Waals surface area (Å²) in [5.41, 5.74) is -1.20. The van der Waals surface area contributed by atoms with Gasteiger partial charge >= 0.3 is 5.69 Å². The summed E-state index contributed by atoms with van der Waals surface area (Å²) >= 11 is 0. The van der Waals surface area contributed by atoms with E-state index in [2.05, 4.69) is 0 Å². The van der Waals surface area contributed by atoms with Crippen LogP contribution in [0.5, 0.6) is 0 Å². The van der Waals surface area contributed by atoms with E-state index in [0.717, 1.165) is 15.5 Å². The van der Waals surface area contributed by atoms with E-state index in [1.54, 1.807) is 0 Å². The predicted molar refractivity (Wildman–Crippen MR) is 84.7 cm³/mol. The lowest BCUT2D eigenvalue weighted by Crippen LogP contribution is -2.50. The van der Waals surface area contributed by atoms with Gasteiger partial charge in [0, 0.05) is 38.8 Å². The second kappa shape index (κ2) is 9.44. The lowest BCUT2D eigenvalue weighted by Gasteiger charge is -2.28. The number of likely N-dealkylation sites (N-methyl/N-ethyl adjacent to an activating group) is 1. The van der Waals surface area contributed by atoms with Crippen LogP contribution in [0.25, 0.3) is 0 Å². The lowest BCUT2D eigenvalue weighted by atomic mass is 10.0. The van der Waals surface area contributed by atoms with Crippen LogP contribution in [0.1, 0.15) is 6.42 Å². The van der Waals surface area contributed by atoms with Crippen molar-refractivity contribution < 1.29 is 30.3 Å². The highest BCUT2D eigenvalue weighted by Crippen LogP contribution is 2.07. The minimum Gasteiger partial charge on any atom is -0.394 e. The van der Waals surface area contributed by atoms with Crippen LogP contribution in [0.4, 0.5) is 0 Å². The van der Waals surface area contributed by atoms with Gasteiger partial charge in [-0.1, -0.05) is 0 Å². The summed E-state index contributed by atoms with van der Waals surface area (Å²) < 4.78 is 1.14. The minimum atomic E-state index is -1.77. The van der Waals surface area contributed by atoms with Crippen LogP contribution in [0, 0.1) is 0 Å². The molecule has 25 heavy (non-hydrogen) atoms. The second-order valence-corrected chi connectivity index (χ2v) is 5.63. The molecule has 0 fully saturated rings. The molecule has 4 atom stereocenters. The Labute approximate surface area is 142 Å². The van der Waals surface area contributed by atoms with Crippen molar-refractivity contribution in [2.75, 3.05) is 20.2 Å². The van der Waals surface area contributed by atoms with E-state index >= 15 is 0 Å². The molecule has 1 heterocycles. The van der Waals surface area contributed by atoms with E-state index in [4.69, 9.17) is 5.11 Å². The Balaban J connectivity index is 2.55. The van der Waals surface area contributed by atoms with Crippen molar-refractivity contribution in [1.29, 1.82) is 0 Å². The minimum absolute atomic E-state index is 0.00326. The molecule has 0 aliphatic rings. The Morgan fingerprint density at radius 2 is 1.80 bits per heavy atom. The van der Waals surface area contributed by atoms with Crippen LogP contribution in [-0.2, 0) is 11.3 Å². The zero-order valence-corrected chi connectivity index (χ0v) is 13.6. The zero-order chi connectivity index (χ0) is 19.1. The third-order valence-electron chi connectivity index (χ3n) is 3.68. The second-order valence-electron chi connectivity index (χ2n) is 5.63. The van der Waals surface area contributed by atoms with Crippen molar-refractivity contribution in [3.8, 4) is 0 Å². The largest absolute Gasteiger partial charge is 0.394 e. The molecule has 0 spiro atoms. The molecule has 11 heteroatoms. The lowest BCUT2D eigenvalue weighted by molar-refractivity contribution is -0.138. The molecule has 1 aromatic heterocycles. The average molecular weight is 361 g/mol. The maximum atomic E-state index is 12.0. The van der Waals surface area contributed by atoms with Crippen LogP contribution in [0.15, 0.2) is 21.9 Å². The number of nitrogens with zero attached hydrogens (tertiary/aromatic N) is 2. The number of aryl methyl sites for hydroxylation is 1. The highest BCUT2D eigenvalue weighted by atomic mass is 16.4. The van der Waals surface area contributed by atoms with Gasteiger partial charge in [-0.05, 0) is 0 Å². The van der Waals surface area contributed by atoms with Gasteiger partial charge in [-0.3, -0.25) is 14.6 Å². The fourth-order valence-corrected chi connectivity index (χ4v) is 2.08. The molecular formula is C14H23N3O8. The van der Waals surface area contributed by atoms with E-state index in [9.17, 15) is 34.8 Å². The average Bonchev–Trinajstić information content (AvgIpc) is 2.58. The van der Waals surface area contributed by atoms with E-state index in [0.29, 0.717) is 0 Å². The Morgan fingerprint density at radius 1 is 1.20 bits per heavy atom. The van der Waals surface area contributed by atoms with E-state index in [1.807, 2.05) is 4.98 Å². The van der Waals surface area contributed by atoms with Gasteiger partial charge in [0.15, 0.2) is 0 Å². The number of carbonyl (C=O) groups excluding carboxylic acids is 1. The predicted octanol–water partition coefficient (Wildman–Crippen LogP) is -4.18. The smallest absolute Gasteiger partial charge is 0.328 e. The van der Waals surface area contributed by atoms with Gasteiger partial charge < -0.3 is 35.0 Å². The third kappa shape index (κ3) is 6.07. The monoisotopic (exact) mass is 361 g/mol. The van der Waals surface area contributed by atoms with Crippen LogP contribution in [0.2, 0.25) is 0 Å². The van der Waals surface area contributed by atoms with Gasteiger partial charge in [0.05, 0.1) is 6.61 Å². The quantitative estimate of drug-likeness (QED) is 0.256. The number of amides is 1. The molecular weight excluding hydrogens is 338 g/mol. The van der Waals surface area contributed by atoms with Crippen molar-refractivity contribution in [3.63, 3.8) is 0 Å². The first kappa shape index (κ1) is 21.0. The van der Waals surface area contributed by atoms with Crippen LogP contribution in [-0.4, -0.2) is 90.5 Å². The fraction of sp³-hybridized carbons (Fsp3) is 0.643. The van der Waals surface area contributed by atoms with E-state index in [1.165, 1.54) is 13.2 Å². The molecule has 0 saturated heterocycles. The van der Waals surface area contributed by atoms with E-state index in [-0.39, 0.29) is 19.5 Å². The van der Waals surface area contributed by atoms with Crippen LogP contribution < -0.4 is 11.2 Å². The number of hydrogen-bond acceptors (Lipinski definition) is 8. The molecule has 0 saturated carbocycles. The number of rotatable bonds is 9. The number of aliphatic hydroxyl groups is 5. The zero-order valence-electron chi connectivity index (χ0n) is 13.6. The number of carbonyl (C=O) groups is 1. The first-order chi connectivity index (χ1) is 11.7. The molecule has 4 unspecified atom stereocenters. The highest BCUT2D eigenvalue weighted by Gasteiger charge is 2.31. The maximum absolute atomic E-state index is 12.0. The van der Waals surface area contributed by atoms with Gasteiger partial charge in [-0.2, -0.15) is 0 Å². The normalized spacial score (nSPS) is 16.1. The Morgan fingerprint density at radius 3 is 2.36 bits per heavy atom. The van der Waals surface area contributed by atoms with Crippen molar-refractivity contribution in [2.24, 2.45) is 0 Å². The molecule has 0 radical (unpaired) electrons. The Kier molecular flexibility index (Phi) is 7.93. The number of nitrogens with one attached hydrogen (secondary N) is 1. The molecule has 142 valence electrons. The molecule has 6 N–H and O–H groups in total. The molecule has 11 nitrogen and oxygen atoms in total. The van der Waals surface area contributed by atoms with Crippen LogP contribution >= 0.6 is 0 Å².